The number of likely N-dealkylation sites (tertiary alicyclic amines) is 1. The molecule has 2 saturated heterocycles. The summed E-state index contributed by atoms with van der Waals surface area (Å²) in [6.45, 7) is 7.42. The zero-order valence-corrected chi connectivity index (χ0v) is 19.4. The van der Waals surface area contributed by atoms with E-state index in [-0.39, 0.29) is 17.4 Å². The number of hydrogen-bond donors (Lipinski definition) is 1. The number of rotatable bonds is 7. The lowest BCUT2D eigenvalue weighted by Gasteiger charge is -2.31. The quantitative estimate of drug-likeness (QED) is 0.381. The first-order chi connectivity index (χ1) is 16.3. The third-order valence-corrected chi connectivity index (χ3v) is 5.99. The number of Topliss-reactive ketones (excluding diaryl/α,β-unsaturated/α-hetero) is 1. The Balaban J connectivity index is 1.69. The first-order valence-corrected chi connectivity index (χ1v) is 11.5. The van der Waals surface area contributed by atoms with E-state index in [1.54, 1.807) is 36.4 Å². The van der Waals surface area contributed by atoms with Crippen molar-refractivity contribution in [3.63, 3.8) is 0 Å². The van der Waals surface area contributed by atoms with Gasteiger partial charge in [0.1, 0.15) is 17.3 Å². The van der Waals surface area contributed by atoms with Gasteiger partial charge in [-0.1, -0.05) is 12.1 Å². The number of carbonyl (C=O) groups is 2. The Labute approximate surface area is 198 Å². The number of hydrogen-bond acceptors (Lipinski definition) is 6. The standard InChI is InChI=1S/C26H29FN2O5/c1-17(2)34-21-9-5-19(6-10-21)24(30)22-23(18-3-7-20(27)8-4-18)29(26(32)25(22)31)12-11-28-13-15-33-16-14-28/h3-10,17,23,30H,11-16H2,1-2H3/b24-22+/t23-/m1/s1. The van der Waals surface area contributed by atoms with E-state index in [0.717, 1.165) is 13.1 Å². The second-order valence-corrected chi connectivity index (χ2v) is 8.69. The van der Waals surface area contributed by atoms with Crippen LogP contribution in [-0.2, 0) is 14.3 Å². The molecule has 2 fully saturated rings. The van der Waals surface area contributed by atoms with E-state index in [1.165, 1.54) is 17.0 Å². The maximum Gasteiger partial charge on any atom is 0.295 e. The molecule has 4 rings (SSSR count). The maximum absolute atomic E-state index is 13.6. The minimum absolute atomic E-state index is 0.00360. The Morgan fingerprint density at radius 3 is 2.32 bits per heavy atom. The maximum atomic E-state index is 13.6. The van der Waals surface area contributed by atoms with Gasteiger partial charge < -0.3 is 19.5 Å². The minimum atomic E-state index is -0.812. The number of morpholine rings is 1. The number of aliphatic hydroxyl groups is 1. The van der Waals surface area contributed by atoms with Gasteiger partial charge in [-0.05, 0) is 55.8 Å². The number of aliphatic hydroxyl groups excluding tert-OH is 1. The Morgan fingerprint density at radius 1 is 1.06 bits per heavy atom. The van der Waals surface area contributed by atoms with Crippen LogP contribution >= 0.6 is 0 Å². The predicted molar refractivity (Wildman–Crippen MR) is 125 cm³/mol. The van der Waals surface area contributed by atoms with Crippen molar-refractivity contribution < 1.29 is 28.6 Å². The molecule has 0 aromatic heterocycles. The molecule has 2 aromatic carbocycles. The Kier molecular flexibility index (Phi) is 7.29. The average molecular weight is 469 g/mol. The molecule has 0 saturated carbocycles. The van der Waals surface area contributed by atoms with E-state index in [0.29, 0.717) is 43.2 Å². The zero-order valence-electron chi connectivity index (χ0n) is 19.4. The van der Waals surface area contributed by atoms with Crippen molar-refractivity contribution in [1.29, 1.82) is 0 Å². The van der Waals surface area contributed by atoms with Crippen LogP contribution in [0.5, 0.6) is 5.75 Å². The number of halogens is 1. The molecule has 0 unspecified atom stereocenters. The van der Waals surface area contributed by atoms with Crippen molar-refractivity contribution in [2.45, 2.75) is 26.0 Å². The fourth-order valence-corrected chi connectivity index (χ4v) is 4.30. The number of carbonyl (C=O) groups excluding carboxylic acids is 2. The SMILES string of the molecule is CC(C)Oc1ccc(/C(O)=C2\C(=O)C(=O)N(CCN3CCOCC3)[C@@H]2c2ccc(F)cc2)cc1. The topological polar surface area (TPSA) is 79.3 Å². The molecule has 2 aliphatic rings. The van der Waals surface area contributed by atoms with Crippen LogP contribution in [0.3, 0.4) is 0 Å². The second-order valence-electron chi connectivity index (χ2n) is 8.69. The summed E-state index contributed by atoms with van der Waals surface area (Å²) in [6.07, 6.45) is -0.00489. The summed E-state index contributed by atoms with van der Waals surface area (Å²) in [7, 11) is 0. The third-order valence-electron chi connectivity index (χ3n) is 5.99. The van der Waals surface area contributed by atoms with E-state index < -0.39 is 23.5 Å². The minimum Gasteiger partial charge on any atom is -0.507 e. The first-order valence-electron chi connectivity index (χ1n) is 11.5. The van der Waals surface area contributed by atoms with Crippen LogP contribution in [-0.4, -0.2) is 72.1 Å². The number of amides is 1. The van der Waals surface area contributed by atoms with Crippen molar-refractivity contribution in [2.24, 2.45) is 0 Å². The lowest BCUT2D eigenvalue weighted by molar-refractivity contribution is -0.140. The molecule has 2 heterocycles. The smallest absolute Gasteiger partial charge is 0.295 e. The molecular formula is C26H29FN2O5. The third kappa shape index (κ3) is 5.13. The second kappa shape index (κ2) is 10.4. The summed E-state index contributed by atoms with van der Waals surface area (Å²) >= 11 is 0. The van der Waals surface area contributed by atoms with E-state index in [2.05, 4.69) is 4.90 Å². The summed E-state index contributed by atoms with van der Waals surface area (Å²) < 4.78 is 24.6. The highest BCUT2D eigenvalue weighted by molar-refractivity contribution is 6.46. The Hall–Kier alpha value is -3.23. The van der Waals surface area contributed by atoms with E-state index in [4.69, 9.17) is 9.47 Å². The van der Waals surface area contributed by atoms with Gasteiger partial charge in [0.15, 0.2) is 0 Å². The highest BCUT2D eigenvalue weighted by Gasteiger charge is 2.46. The van der Waals surface area contributed by atoms with Crippen LogP contribution in [0.25, 0.3) is 5.76 Å². The van der Waals surface area contributed by atoms with Crippen LogP contribution in [0.1, 0.15) is 31.0 Å². The fourth-order valence-electron chi connectivity index (χ4n) is 4.30. The molecule has 1 N–H and O–H groups in total. The highest BCUT2D eigenvalue weighted by atomic mass is 19.1. The highest BCUT2D eigenvalue weighted by Crippen LogP contribution is 2.39. The van der Waals surface area contributed by atoms with E-state index in [1.807, 2.05) is 13.8 Å². The fraction of sp³-hybridized carbons (Fsp3) is 0.385. The van der Waals surface area contributed by atoms with Gasteiger partial charge in [-0.15, -0.1) is 0 Å². The lowest BCUT2D eigenvalue weighted by Crippen LogP contribution is -2.42. The van der Waals surface area contributed by atoms with Gasteiger partial charge in [-0.3, -0.25) is 14.5 Å². The molecule has 180 valence electrons. The predicted octanol–water partition coefficient (Wildman–Crippen LogP) is 3.37. The largest absolute Gasteiger partial charge is 0.507 e. The van der Waals surface area contributed by atoms with Crippen LogP contribution in [0.4, 0.5) is 4.39 Å². The molecule has 34 heavy (non-hydrogen) atoms. The van der Waals surface area contributed by atoms with Crippen molar-refractivity contribution in [2.75, 3.05) is 39.4 Å². The monoisotopic (exact) mass is 468 g/mol. The summed E-state index contributed by atoms with van der Waals surface area (Å²) in [6, 6.07) is 11.6. The average Bonchev–Trinajstić information content (AvgIpc) is 3.08. The molecule has 7 nitrogen and oxygen atoms in total. The normalized spacial score (nSPS) is 20.8. The van der Waals surface area contributed by atoms with Crippen LogP contribution in [0.15, 0.2) is 54.1 Å². The summed E-state index contributed by atoms with van der Waals surface area (Å²) in [5, 5.41) is 11.1. The zero-order chi connectivity index (χ0) is 24.2. The van der Waals surface area contributed by atoms with Crippen molar-refractivity contribution in [1.82, 2.24) is 9.80 Å². The van der Waals surface area contributed by atoms with Crippen molar-refractivity contribution in [3.05, 3.63) is 71.0 Å². The van der Waals surface area contributed by atoms with E-state index >= 15 is 0 Å². The van der Waals surface area contributed by atoms with Gasteiger partial charge in [-0.25, -0.2) is 4.39 Å². The first kappa shape index (κ1) is 23.9. The number of ether oxygens (including phenoxy) is 2. The number of nitrogens with zero attached hydrogens (tertiary/aromatic N) is 2. The molecule has 2 aromatic rings. The lowest BCUT2D eigenvalue weighted by atomic mass is 9.95. The molecule has 0 radical (unpaired) electrons. The number of ketones is 1. The van der Waals surface area contributed by atoms with Crippen LogP contribution < -0.4 is 4.74 Å². The van der Waals surface area contributed by atoms with Gasteiger partial charge in [0.25, 0.3) is 11.7 Å². The van der Waals surface area contributed by atoms with E-state index in [9.17, 15) is 19.1 Å². The van der Waals surface area contributed by atoms with Gasteiger partial charge >= 0.3 is 0 Å². The van der Waals surface area contributed by atoms with Gasteiger partial charge in [0, 0.05) is 31.7 Å². The van der Waals surface area contributed by atoms with Gasteiger partial charge in [0.05, 0.1) is 30.9 Å². The van der Waals surface area contributed by atoms with Gasteiger partial charge in [-0.2, -0.15) is 0 Å². The van der Waals surface area contributed by atoms with Crippen LogP contribution in [0.2, 0.25) is 0 Å². The molecule has 0 aliphatic carbocycles. The summed E-state index contributed by atoms with van der Waals surface area (Å²) in [5.41, 5.74) is 0.953. The Bertz CT molecular complexity index is 1060. The van der Waals surface area contributed by atoms with Crippen LogP contribution in [0, 0.1) is 5.82 Å². The molecule has 2 aliphatic heterocycles. The molecular weight excluding hydrogens is 439 g/mol. The molecule has 0 spiro atoms. The molecule has 1 atom stereocenters. The van der Waals surface area contributed by atoms with Crippen molar-refractivity contribution in [3.8, 4) is 5.75 Å². The molecule has 1 amide bonds. The van der Waals surface area contributed by atoms with Crippen molar-refractivity contribution >= 4 is 17.4 Å². The number of benzene rings is 2. The molecule has 8 heteroatoms. The molecule has 0 bridgehead atoms. The summed E-state index contributed by atoms with van der Waals surface area (Å²) in [4.78, 5) is 29.8. The van der Waals surface area contributed by atoms with Gasteiger partial charge in [0.2, 0.25) is 0 Å². The Morgan fingerprint density at radius 2 is 1.71 bits per heavy atom. The summed E-state index contributed by atoms with van der Waals surface area (Å²) in [5.74, 6) is -1.49.